The molecule has 0 bridgehead atoms. The molecule has 0 aliphatic carbocycles. The van der Waals surface area contributed by atoms with E-state index in [2.05, 4.69) is 15.5 Å². The summed E-state index contributed by atoms with van der Waals surface area (Å²) in [5.74, 6) is 0.892. The Bertz CT molecular complexity index is 476. The number of carbonyl (C=O) groups excluding carboxylic acids is 1. The first kappa shape index (κ1) is 14.2. The maximum Gasteiger partial charge on any atom is 0.222 e. The van der Waals surface area contributed by atoms with Gasteiger partial charge in [-0.2, -0.15) is 5.10 Å². The minimum Gasteiger partial charge on any atom is -0.378 e. The van der Waals surface area contributed by atoms with Gasteiger partial charge in [-0.25, -0.2) is 0 Å². The van der Waals surface area contributed by atoms with Crippen LogP contribution in [0.25, 0.3) is 0 Å². The molecule has 1 saturated heterocycles. The fourth-order valence-electron chi connectivity index (χ4n) is 2.16. The standard InChI is InChI=1S/C12H20N4O2S/c1-16-10(14-15-12(16)19)5-6-13-11(17)8-9-4-2-3-7-18-9/h9H,2-8H2,1H3,(H,13,17)(H,15,19)/t9-/m0/s1. The van der Waals surface area contributed by atoms with Gasteiger partial charge in [-0.15, -0.1) is 0 Å². The number of hydrogen-bond acceptors (Lipinski definition) is 4. The van der Waals surface area contributed by atoms with Crippen LogP contribution in [-0.4, -0.2) is 39.9 Å². The van der Waals surface area contributed by atoms with E-state index in [9.17, 15) is 4.79 Å². The third-order valence-corrected chi connectivity index (χ3v) is 3.70. The van der Waals surface area contributed by atoms with E-state index < -0.39 is 0 Å². The Morgan fingerprint density at radius 3 is 3.11 bits per heavy atom. The molecule has 106 valence electrons. The van der Waals surface area contributed by atoms with Gasteiger partial charge in [0.1, 0.15) is 5.82 Å². The molecule has 2 N–H and O–H groups in total. The van der Waals surface area contributed by atoms with Crippen LogP contribution in [0.5, 0.6) is 0 Å². The van der Waals surface area contributed by atoms with E-state index in [4.69, 9.17) is 17.0 Å². The molecule has 0 unspecified atom stereocenters. The van der Waals surface area contributed by atoms with Crippen molar-refractivity contribution in [3.05, 3.63) is 10.6 Å². The minimum atomic E-state index is 0.0451. The van der Waals surface area contributed by atoms with Crippen molar-refractivity contribution in [2.24, 2.45) is 7.05 Å². The van der Waals surface area contributed by atoms with Gasteiger partial charge < -0.3 is 14.6 Å². The smallest absolute Gasteiger partial charge is 0.222 e. The second-order valence-corrected chi connectivity index (χ2v) is 5.18. The van der Waals surface area contributed by atoms with Crippen molar-refractivity contribution in [2.75, 3.05) is 13.2 Å². The number of rotatable bonds is 5. The molecule has 1 aromatic heterocycles. The lowest BCUT2D eigenvalue weighted by Gasteiger charge is -2.21. The Morgan fingerprint density at radius 2 is 2.47 bits per heavy atom. The van der Waals surface area contributed by atoms with Crippen LogP contribution < -0.4 is 5.32 Å². The maximum atomic E-state index is 11.7. The number of nitrogens with zero attached hydrogens (tertiary/aromatic N) is 2. The Morgan fingerprint density at radius 1 is 1.63 bits per heavy atom. The van der Waals surface area contributed by atoms with E-state index in [1.54, 1.807) is 0 Å². The summed E-state index contributed by atoms with van der Waals surface area (Å²) in [4.78, 5) is 11.7. The van der Waals surface area contributed by atoms with Crippen molar-refractivity contribution in [3.8, 4) is 0 Å². The average Bonchev–Trinajstić information content (AvgIpc) is 2.72. The molecule has 1 amide bonds. The predicted molar refractivity (Wildman–Crippen MR) is 73.3 cm³/mol. The predicted octanol–water partition coefficient (Wildman–Crippen LogP) is 1.10. The van der Waals surface area contributed by atoms with Crippen LogP contribution in [0.3, 0.4) is 0 Å². The van der Waals surface area contributed by atoms with Gasteiger partial charge in [0.05, 0.1) is 12.5 Å². The van der Waals surface area contributed by atoms with Crippen molar-refractivity contribution in [3.63, 3.8) is 0 Å². The number of amides is 1. The summed E-state index contributed by atoms with van der Waals surface area (Å²) in [6, 6.07) is 0. The summed E-state index contributed by atoms with van der Waals surface area (Å²) >= 11 is 5.03. The van der Waals surface area contributed by atoms with Crippen LogP contribution in [-0.2, 0) is 23.0 Å². The van der Waals surface area contributed by atoms with Crippen LogP contribution in [0.1, 0.15) is 31.5 Å². The molecular weight excluding hydrogens is 264 g/mol. The third-order valence-electron chi connectivity index (χ3n) is 3.33. The zero-order valence-corrected chi connectivity index (χ0v) is 12.0. The first-order chi connectivity index (χ1) is 9.16. The van der Waals surface area contributed by atoms with Crippen molar-refractivity contribution in [1.29, 1.82) is 0 Å². The Kier molecular flexibility index (Phi) is 5.09. The Balaban J connectivity index is 1.69. The van der Waals surface area contributed by atoms with Crippen LogP contribution >= 0.6 is 12.2 Å². The van der Waals surface area contributed by atoms with Crippen LogP contribution in [0.2, 0.25) is 0 Å². The molecule has 0 aromatic carbocycles. The number of carbonyl (C=O) groups is 1. The highest BCUT2D eigenvalue weighted by atomic mass is 32.1. The molecule has 0 spiro atoms. The molecule has 19 heavy (non-hydrogen) atoms. The van der Waals surface area contributed by atoms with Gasteiger partial charge in [0.15, 0.2) is 4.77 Å². The van der Waals surface area contributed by atoms with Gasteiger partial charge in [-0.05, 0) is 31.5 Å². The number of aromatic nitrogens is 3. The number of nitrogens with one attached hydrogen (secondary N) is 2. The van der Waals surface area contributed by atoms with Crippen molar-refractivity contribution in [2.45, 2.75) is 38.2 Å². The molecule has 1 fully saturated rings. The highest BCUT2D eigenvalue weighted by Gasteiger charge is 2.17. The summed E-state index contributed by atoms with van der Waals surface area (Å²) in [6.45, 7) is 1.35. The van der Waals surface area contributed by atoms with Crippen LogP contribution in [0.15, 0.2) is 0 Å². The second-order valence-electron chi connectivity index (χ2n) is 4.80. The summed E-state index contributed by atoms with van der Waals surface area (Å²) in [5.41, 5.74) is 0. The first-order valence-corrected chi connectivity index (χ1v) is 7.06. The Hall–Kier alpha value is -1.21. The molecule has 7 heteroatoms. The summed E-state index contributed by atoms with van der Waals surface area (Å²) < 4.78 is 7.95. The molecule has 2 rings (SSSR count). The number of H-pyrrole nitrogens is 1. The molecule has 2 heterocycles. The topological polar surface area (TPSA) is 71.9 Å². The molecular formula is C12H20N4O2S. The largest absolute Gasteiger partial charge is 0.378 e. The van der Waals surface area contributed by atoms with E-state index in [0.717, 1.165) is 31.7 Å². The van der Waals surface area contributed by atoms with E-state index >= 15 is 0 Å². The van der Waals surface area contributed by atoms with Gasteiger partial charge in [0, 0.05) is 26.6 Å². The lowest BCUT2D eigenvalue weighted by Crippen LogP contribution is -2.31. The monoisotopic (exact) mass is 284 g/mol. The van der Waals surface area contributed by atoms with Gasteiger partial charge in [-0.3, -0.25) is 9.89 Å². The quantitative estimate of drug-likeness (QED) is 0.794. The zero-order valence-electron chi connectivity index (χ0n) is 11.1. The molecule has 1 atom stereocenters. The van der Waals surface area contributed by atoms with Crippen molar-refractivity contribution in [1.82, 2.24) is 20.1 Å². The highest BCUT2D eigenvalue weighted by Crippen LogP contribution is 2.15. The molecule has 1 aliphatic rings. The molecule has 0 saturated carbocycles. The normalized spacial score (nSPS) is 19.3. The number of hydrogen-bond donors (Lipinski definition) is 2. The van der Waals surface area contributed by atoms with E-state index in [1.807, 2.05) is 11.6 Å². The summed E-state index contributed by atoms with van der Waals surface area (Å²) in [5, 5.41) is 9.72. The van der Waals surface area contributed by atoms with E-state index in [0.29, 0.717) is 24.2 Å². The third kappa shape index (κ3) is 4.14. The van der Waals surface area contributed by atoms with Crippen molar-refractivity contribution < 1.29 is 9.53 Å². The number of aromatic amines is 1. The number of ether oxygens (including phenoxy) is 1. The fraction of sp³-hybridized carbons (Fsp3) is 0.750. The maximum absolute atomic E-state index is 11.7. The lowest BCUT2D eigenvalue weighted by atomic mass is 10.1. The average molecular weight is 284 g/mol. The van der Waals surface area contributed by atoms with Gasteiger partial charge in [0.25, 0.3) is 0 Å². The van der Waals surface area contributed by atoms with E-state index in [-0.39, 0.29) is 12.0 Å². The highest BCUT2D eigenvalue weighted by molar-refractivity contribution is 7.71. The SMILES string of the molecule is Cn1c(CCNC(=O)C[C@@H]2CCCCO2)n[nH]c1=S. The van der Waals surface area contributed by atoms with Crippen molar-refractivity contribution >= 4 is 18.1 Å². The van der Waals surface area contributed by atoms with Crippen LogP contribution in [0, 0.1) is 4.77 Å². The molecule has 0 radical (unpaired) electrons. The summed E-state index contributed by atoms with van der Waals surface area (Å²) in [6.07, 6.45) is 4.47. The minimum absolute atomic E-state index is 0.0451. The van der Waals surface area contributed by atoms with E-state index in [1.165, 1.54) is 0 Å². The second kappa shape index (κ2) is 6.81. The fourth-order valence-corrected chi connectivity index (χ4v) is 2.32. The molecule has 1 aromatic rings. The van der Waals surface area contributed by atoms with Gasteiger partial charge in [-0.1, -0.05) is 0 Å². The summed E-state index contributed by atoms with van der Waals surface area (Å²) in [7, 11) is 1.86. The van der Waals surface area contributed by atoms with Gasteiger partial charge in [0.2, 0.25) is 5.91 Å². The Labute approximate surface area is 117 Å². The molecule has 6 nitrogen and oxygen atoms in total. The van der Waals surface area contributed by atoms with Gasteiger partial charge >= 0.3 is 0 Å². The molecule has 1 aliphatic heterocycles. The zero-order chi connectivity index (χ0) is 13.7. The van der Waals surface area contributed by atoms with Crippen LogP contribution in [0.4, 0.5) is 0 Å². The first-order valence-electron chi connectivity index (χ1n) is 6.65. The lowest BCUT2D eigenvalue weighted by molar-refractivity contribution is -0.124.